The Morgan fingerprint density at radius 2 is 1.00 bits per heavy atom. The molecule has 0 bridgehead atoms. The third kappa shape index (κ3) is 3.24. The smallest absolute Gasteiger partial charge is 0.207 e. The molecule has 1 rings (SSSR count). The van der Waals surface area contributed by atoms with Gasteiger partial charge in [-0.05, 0) is 17.7 Å². The minimum absolute atomic E-state index is 0.145. The first-order valence-corrected chi connectivity index (χ1v) is 6.32. The Labute approximate surface area is 136 Å². The molecule has 25 heavy (non-hydrogen) atoms. The summed E-state index contributed by atoms with van der Waals surface area (Å²) >= 11 is 4.90. The zero-order valence-electron chi connectivity index (χ0n) is 11.3. The molecule has 1 aromatic carbocycles. The van der Waals surface area contributed by atoms with Crippen molar-refractivity contribution in [2.75, 3.05) is 0 Å². The number of benzene rings is 1. The molecule has 1 unspecified atom stereocenters. The molecule has 0 amide bonds. The molecular formula is C12H5ClF12. The Morgan fingerprint density at radius 1 is 0.640 bits per heavy atom. The third-order valence-electron chi connectivity index (χ3n) is 3.29. The molecule has 0 fully saturated rings. The summed E-state index contributed by atoms with van der Waals surface area (Å²) < 4.78 is 155. The molecule has 0 aliphatic heterocycles. The van der Waals surface area contributed by atoms with Crippen molar-refractivity contribution in [2.24, 2.45) is 5.41 Å². The lowest BCUT2D eigenvalue weighted by molar-refractivity contribution is -0.449. The fourth-order valence-electron chi connectivity index (χ4n) is 2.07. The highest BCUT2D eigenvalue weighted by molar-refractivity contribution is 6.21. The molecule has 13 heteroatoms. The van der Waals surface area contributed by atoms with E-state index in [1.807, 2.05) is 0 Å². The van der Waals surface area contributed by atoms with Gasteiger partial charge in [-0.1, -0.05) is 12.1 Å². The van der Waals surface area contributed by atoms with Crippen LogP contribution in [0.4, 0.5) is 52.7 Å². The van der Waals surface area contributed by atoms with Crippen molar-refractivity contribution in [3.8, 4) is 0 Å². The summed E-state index contributed by atoms with van der Waals surface area (Å²) in [5, 5.41) is -3.95. The lowest BCUT2D eigenvalue weighted by Crippen LogP contribution is -2.68. The number of alkyl halides is 12. The first-order chi connectivity index (χ1) is 10.9. The van der Waals surface area contributed by atoms with Crippen LogP contribution in [0.1, 0.15) is 10.9 Å². The van der Waals surface area contributed by atoms with Crippen LogP contribution in [-0.2, 0) is 0 Å². The van der Waals surface area contributed by atoms with Crippen molar-refractivity contribution in [1.82, 2.24) is 0 Å². The van der Waals surface area contributed by atoms with Gasteiger partial charge in [-0.15, -0.1) is 11.6 Å². The number of hydrogen-bond acceptors (Lipinski definition) is 0. The zero-order valence-corrected chi connectivity index (χ0v) is 12.1. The number of hydrogen-bond donors (Lipinski definition) is 0. The van der Waals surface area contributed by atoms with Gasteiger partial charge in [0.05, 0.1) is 5.38 Å². The molecule has 144 valence electrons. The Balaban J connectivity index is 3.88. The van der Waals surface area contributed by atoms with E-state index in [9.17, 15) is 52.7 Å². The molecule has 0 aliphatic carbocycles. The van der Waals surface area contributed by atoms with Gasteiger partial charge in [0.1, 0.15) is 5.82 Å². The summed E-state index contributed by atoms with van der Waals surface area (Å²) in [6, 6.07) is 0.805. The van der Waals surface area contributed by atoms with Crippen LogP contribution in [-0.4, -0.2) is 24.5 Å². The van der Waals surface area contributed by atoms with E-state index in [1.165, 1.54) is 0 Å². The number of halogens is 13. The summed E-state index contributed by atoms with van der Waals surface area (Å²) in [5.74, 6) is -8.53. The van der Waals surface area contributed by atoms with Crippen LogP contribution in [0.5, 0.6) is 0 Å². The Morgan fingerprint density at radius 3 is 1.28 bits per heavy atom. The van der Waals surface area contributed by atoms with E-state index in [-0.39, 0.29) is 24.3 Å². The monoisotopic (exact) mass is 412 g/mol. The molecule has 0 spiro atoms. The van der Waals surface area contributed by atoms with Crippen molar-refractivity contribution in [3.05, 3.63) is 35.6 Å². The van der Waals surface area contributed by atoms with Gasteiger partial charge in [0.25, 0.3) is 5.41 Å². The highest BCUT2D eigenvalue weighted by Gasteiger charge is 2.91. The van der Waals surface area contributed by atoms with Crippen LogP contribution in [0.3, 0.4) is 0 Å². The predicted octanol–water partition coefficient (Wildman–Crippen LogP) is 6.41. The highest BCUT2D eigenvalue weighted by Crippen LogP contribution is 2.69. The van der Waals surface area contributed by atoms with Gasteiger partial charge in [-0.3, -0.25) is 0 Å². The fraction of sp³-hybridized carbons (Fsp3) is 0.500. The molecule has 0 saturated heterocycles. The van der Waals surface area contributed by atoms with Gasteiger partial charge in [-0.25, -0.2) is 4.39 Å². The molecular weight excluding hydrogens is 408 g/mol. The van der Waals surface area contributed by atoms with Crippen molar-refractivity contribution in [1.29, 1.82) is 0 Å². The van der Waals surface area contributed by atoms with Gasteiger partial charge in [-0.2, -0.15) is 48.3 Å². The van der Waals surface area contributed by atoms with Gasteiger partial charge in [0.15, 0.2) is 0 Å². The van der Waals surface area contributed by atoms with E-state index in [4.69, 9.17) is 11.6 Å². The minimum Gasteiger partial charge on any atom is -0.207 e. The predicted molar refractivity (Wildman–Crippen MR) is 60.5 cm³/mol. The second-order valence-corrected chi connectivity index (χ2v) is 5.23. The number of rotatable bonds is 3. The average molecular weight is 413 g/mol. The van der Waals surface area contributed by atoms with Crippen LogP contribution in [0.2, 0.25) is 0 Å². The van der Waals surface area contributed by atoms with Crippen LogP contribution in [0, 0.1) is 11.2 Å². The lowest BCUT2D eigenvalue weighted by atomic mass is 9.73. The molecule has 0 aromatic heterocycles. The standard InChI is InChI=1S/C12H5ClF12/c13-7(5-1-3-6(14)4-2-5)8(10(17,18)19,11(20,21)22)9(15,16)12(23,24)25/h1-4,7H. The first-order valence-electron chi connectivity index (χ1n) is 5.88. The van der Waals surface area contributed by atoms with Crippen molar-refractivity contribution >= 4 is 11.6 Å². The van der Waals surface area contributed by atoms with E-state index in [0.717, 1.165) is 0 Å². The average Bonchev–Trinajstić information content (AvgIpc) is 2.34. The van der Waals surface area contributed by atoms with Crippen LogP contribution < -0.4 is 0 Å². The van der Waals surface area contributed by atoms with E-state index >= 15 is 0 Å². The topological polar surface area (TPSA) is 0 Å². The van der Waals surface area contributed by atoms with Gasteiger partial charge in [0, 0.05) is 0 Å². The summed E-state index contributed by atoms with van der Waals surface area (Å²) in [7, 11) is 0. The zero-order chi connectivity index (χ0) is 20.1. The molecule has 0 N–H and O–H groups in total. The van der Waals surface area contributed by atoms with E-state index in [1.54, 1.807) is 0 Å². The normalized spacial score (nSPS) is 16.0. The fourth-order valence-corrected chi connectivity index (χ4v) is 2.60. The van der Waals surface area contributed by atoms with Crippen LogP contribution in [0.15, 0.2) is 24.3 Å². The Hall–Kier alpha value is -1.33. The van der Waals surface area contributed by atoms with E-state index in [0.29, 0.717) is 0 Å². The van der Waals surface area contributed by atoms with Gasteiger partial charge in [0.2, 0.25) is 0 Å². The maximum Gasteiger partial charge on any atom is 0.454 e. The largest absolute Gasteiger partial charge is 0.454 e. The van der Waals surface area contributed by atoms with Gasteiger partial charge < -0.3 is 0 Å². The third-order valence-corrected chi connectivity index (χ3v) is 3.87. The molecule has 0 saturated carbocycles. The Bertz CT molecular complexity index is 580. The summed E-state index contributed by atoms with van der Waals surface area (Å²) in [4.78, 5) is 0. The molecule has 1 aromatic rings. The quantitative estimate of drug-likeness (QED) is 0.397. The molecule has 0 heterocycles. The van der Waals surface area contributed by atoms with Crippen molar-refractivity contribution in [3.63, 3.8) is 0 Å². The summed E-state index contributed by atoms with van der Waals surface area (Å²) in [6.45, 7) is 0. The second kappa shape index (κ2) is 6.13. The lowest BCUT2D eigenvalue weighted by Gasteiger charge is -2.45. The maximum atomic E-state index is 13.5. The molecule has 0 nitrogen and oxygen atoms in total. The van der Waals surface area contributed by atoms with E-state index in [2.05, 4.69) is 0 Å². The maximum absolute atomic E-state index is 13.5. The molecule has 0 aliphatic rings. The summed E-state index contributed by atoms with van der Waals surface area (Å²) in [6.07, 6.45) is -21.6. The SMILES string of the molecule is Fc1ccc(C(Cl)C(C(F)(F)F)(C(F)(F)F)C(F)(F)C(F)(F)F)cc1. The van der Waals surface area contributed by atoms with Crippen molar-refractivity contribution in [2.45, 2.75) is 29.8 Å². The summed E-state index contributed by atoms with van der Waals surface area (Å²) in [5.41, 5.74) is -8.13. The highest BCUT2D eigenvalue weighted by atomic mass is 35.5. The van der Waals surface area contributed by atoms with Crippen molar-refractivity contribution < 1.29 is 52.7 Å². The first kappa shape index (κ1) is 21.7. The molecule has 0 radical (unpaired) electrons. The Kier molecular flexibility index (Phi) is 5.32. The van der Waals surface area contributed by atoms with Crippen LogP contribution >= 0.6 is 11.6 Å². The van der Waals surface area contributed by atoms with Gasteiger partial charge >= 0.3 is 24.5 Å². The minimum atomic E-state index is -7.34. The molecule has 1 atom stereocenters. The van der Waals surface area contributed by atoms with Crippen LogP contribution in [0.25, 0.3) is 0 Å². The second-order valence-electron chi connectivity index (χ2n) is 4.79. The van der Waals surface area contributed by atoms with E-state index < -0.39 is 46.6 Å².